The summed E-state index contributed by atoms with van der Waals surface area (Å²) < 4.78 is 0. The zero-order valence-corrected chi connectivity index (χ0v) is 11.8. The Bertz CT molecular complexity index is 387. The van der Waals surface area contributed by atoms with E-state index in [9.17, 15) is 0 Å². The van der Waals surface area contributed by atoms with E-state index in [0.29, 0.717) is 6.04 Å². The highest BCUT2D eigenvalue weighted by Crippen LogP contribution is 2.22. The van der Waals surface area contributed by atoms with E-state index in [1.807, 2.05) is 0 Å². The van der Waals surface area contributed by atoms with Crippen molar-refractivity contribution in [2.24, 2.45) is 0 Å². The number of hydrogen-bond acceptors (Lipinski definition) is 1. The molecule has 1 N–H and O–H groups in total. The van der Waals surface area contributed by atoms with Crippen LogP contribution in [0.25, 0.3) is 0 Å². The molecule has 0 fully saturated rings. The van der Waals surface area contributed by atoms with Crippen molar-refractivity contribution in [3.63, 3.8) is 0 Å². The second-order valence-electron chi connectivity index (χ2n) is 4.96. The number of aryl methyl sites for hydroxylation is 1. The van der Waals surface area contributed by atoms with Crippen LogP contribution in [0.3, 0.4) is 0 Å². The molecule has 0 saturated heterocycles. The van der Waals surface area contributed by atoms with Crippen LogP contribution in [-0.2, 0) is 0 Å². The largest absolute Gasteiger partial charge is 0.307 e. The summed E-state index contributed by atoms with van der Waals surface area (Å²) in [6, 6.07) is 6.91. The third-order valence-electron chi connectivity index (χ3n) is 3.10. The third kappa shape index (κ3) is 4.01. The molecular weight excluding hydrogens is 206 g/mol. The van der Waals surface area contributed by atoms with Crippen LogP contribution in [0, 0.1) is 13.8 Å². The molecule has 1 nitrogen and oxygen atoms in total. The van der Waals surface area contributed by atoms with E-state index in [2.05, 4.69) is 64.2 Å². The SMILES string of the molecule is CCCNC(C=C(C)C)c1cccc(C)c1C. The van der Waals surface area contributed by atoms with Gasteiger partial charge in [0.15, 0.2) is 0 Å². The van der Waals surface area contributed by atoms with E-state index in [0.717, 1.165) is 13.0 Å². The highest BCUT2D eigenvalue weighted by Gasteiger charge is 2.10. The average Bonchev–Trinajstić information content (AvgIpc) is 2.28. The fourth-order valence-electron chi connectivity index (χ4n) is 2.00. The van der Waals surface area contributed by atoms with Crippen LogP contribution in [0.5, 0.6) is 0 Å². The van der Waals surface area contributed by atoms with E-state index in [4.69, 9.17) is 0 Å². The number of hydrogen-bond donors (Lipinski definition) is 1. The lowest BCUT2D eigenvalue weighted by Gasteiger charge is -2.19. The molecule has 0 aliphatic rings. The fraction of sp³-hybridized carbons (Fsp3) is 0.500. The van der Waals surface area contributed by atoms with Gasteiger partial charge in [-0.3, -0.25) is 0 Å². The molecular formula is C16H25N. The molecule has 1 aromatic rings. The minimum atomic E-state index is 0.347. The van der Waals surface area contributed by atoms with Gasteiger partial charge in [-0.05, 0) is 57.4 Å². The molecule has 0 bridgehead atoms. The normalized spacial score (nSPS) is 12.3. The Kier molecular flexibility index (Phi) is 5.43. The molecule has 0 spiro atoms. The molecule has 1 heteroatoms. The first-order valence-corrected chi connectivity index (χ1v) is 6.50. The topological polar surface area (TPSA) is 12.0 Å². The summed E-state index contributed by atoms with van der Waals surface area (Å²) in [7, 11) is 0. The van der Waals surface area contributed by atoms with Crippen LogP contribution in [0.4, 0.5) is 0 Å². The Balaban J connectivity index is 3.03. The molecule has 1 aromatic carbocycles. The van der Waals surface area contributed by atoms with Crippen LogP contribution >= 0.6 is 0 Å². The lowest BCUT2D eigenvalue weighted by Crippen LogP contribution is -2.21. The molecule has 1 atom stereocenters. The summed E-state index contributed by atoms with van der Waals surface area (Å²) in [4.78, 5) is 0. The monoisotopic (exact) mass is 231 g/mol. The Morgan fingerprint density at radius 3 is 2.59 bits per heavy atom. The maximum Gasteiger partial charge on any atom is 0.0511 e. The molecule has 0 aromatic heterocycles. The van der Waals surface area contributed by atoms with E-state index in [-0.39, 0.29) is 0 Å². The zero-order valence-electron chi connectivity index (χ0n) is 11.8. The summed E-state index contributed by atoms with van der Waals surface area (Å²) in [5.74, 6) is 0. The number of rotatable bonds is 5. The van der Waals surface area contributed by atoms with Gasteiger partial charge in [0, 0.05) is 0 Å². The van der Waals surface area contributed by atoms with Crippen molar-refractivity contribution in [2.75, 3.05) is 6.54 Å². The third-order valence-corrected chi connectivity index (χ3v) is 3.10. The van der Waals surface area contributed by atoms with Crippen LogP contribution < -0.4 is 5.32 Å². The molecule has 0 amide bonds. The first-order chi connectivity index (χ1) is 8.06. The predicted octanol–water partition coefficient (Wildman–Crippen LogP) is 4.31. The summed E-state index contributed by atoms with van der Waals surface area (Å²) in [6.45, 7) is 12.0. The van der Waals surface area contributed by atoms with Crippen molar-refractivity contribution in [1.82, 2.24) is 5.32 Å². The zero-order chi connectivity index (χ0) is 12.8. The molecule has 1 unspecified atom stereocenters. The average molecular weight is 231 g/mol. The first-order valence-electron chi connectivity index (χ1n) is 6.50. The fourth-order valence-corrected chi connectivity index (χ4v) is 2.00. The van der Waals surface area contributed by atoms with Gasteiger partial charge in [-0.1, -0.05) is 36.8 Å². The molecule has 0 heterocycles. The maximum atomic E-state index is 3.61. The van der Waals surface area contributed by atoms with E-state index in [1.54, 1.807) is 0 Å². The Morgan fingerprint density at radius 1 is 1.29 bits per heavy atom. The van der Waals surface area contributed by atoms with Gasteiger partial charge in [0.2, 0.25) is 0 Å². The summed E-state index contributed by atoms with van der Waals surface area (Å²) in [5.41, 5.74) is 5.53. The van der Waals surface area contributed by atoms with Crippen molar-refractivity contribution in [1.29, 1.82) is 0 Å². The molecule has 94 valence electrons. The lowest BCUT2D eigenvalue weighted by molar-refractivity contribution is 0.607. The minimum Gasteiger partial charge on any atom is -0.307 e. The highest BCUT2D eigenvalue weighted by atomic mass is 14.9. The van der Waals surface area contributed by atoms with Crippen molar-refractivity contribution in [2.45, 2.75) is 47.1 Å². The maximum absolute atomic E-state index is 3.61. The second-order valence-corrected chi connectivity index (χ2v) is 4.96. The minimum absolute atomic E-state index is 0.347. The molecule has 17 heavy (non-hydrogen) atoms. The smallest absolute Gasteiger partial charge is 0.0511 e. The van der Waals surface area contributed by atoms with Gasteiger partial charge in [-0.15, -0.1) is 0 Å². The van der Waals surface area contributed by atoms with Crippen LogP contribution in [0.1, 0.15) is 49.9 Å². The molecule has 0 radical (unpaired) electrons. The first kappa shape index (κ1) is 14.0. The van der Waals surface area contributed by atoms with Crippen molar-refractivity contribution < 1.29 is 0 Å². The lowest BCUT2D eigenvalue weighted by atomic mass is 9.96. The van der Waals surface area contributed by atoms with Crippen molar-refractivity contribution >= 4 is 0 Å². The van der Waals surface area contributed by atoms with Gasteiger partial charge in [0.05, 0.1) is 6.04 Å². The quantitative estimate of drug-likeness (QED) is 0.745. The standard InChI is InChI=1S/C16H25N/c1-6-10-17-16(11-12(2)3)15-9-7-8-13(4)14(15)5/h7-9,11,16-17H,6,10H2,1-5H3. The number of allylic oxidation sites excluding steroid dienone is 1. The summed E-state index contributed by atoms with van der Waals surface area (Å²) >= 11 is 0. The van der Waals surface area contributed by atoms with Crippen molar-refractivity contribution in [3.05, 3.63) is 46.5 Å². The van der Waals surface area contributed by atoms with Gasteiger partial charge >= 0.3 is 0 Å². The van der Waals surface area contributed by atoms with Crippen LogP contribution in [0.2, 0.25) is 0 Å². The van der Waals surface area contributed by atoms with Gasteiger partial charge in [-0.25, -0.2) is 0 Å². The molecule has 0 saturated carbocycles. The van der Waals surface area contributed by atoms with E-state index < -0.39 is 0 Å². The van der Waals surface area contributed by atoms with Crippen LogP contribution in [0.15, 0.2) is 29.8 Å². The number of benzene rings is 1. The van der Waals surface area contributed by atoms with E-state index >= 15 is 0 Å². The number of nitrogens with one attached hydrogen (secondary N) is 1. The molecule has 0 aliphatic heterocycles. The van der Waals surface area contributed by atoms with E-state index in [1.165, 1.54) is 22.3 Å². The Hall–Kier alpha value is -1.08. The molecule has 1 rings (SSSR count). The Morgan fingerprint density at radius 2 is 2.00 bits per heavy atom. The summed E-state index contributed by atoms with van der Waals surface area (Å²) in [6.07, 6.45) is 3.48. The van der Waals surface area contributed by atoms with Crippen LogP contribution in [-0.4, -0.2) is 6.54 Å². The Labute approximate surface area is 106 Å². The molecule has 0 aliphatic carbocycles. The predicted molar refractivity (Wildman–Crippen MR) is 76.4 cm³/mol. The highest BCUT2D eigenvalue weighted by molar-refractivity contribution is 5.37. The van der Waals surface area contributed by atoms with Gasteiger partial charge in [-0.2, -0.15) is 0 Å². The van der Waals surface area contributed by atoms with Crippen molar-refractivity contribution in [3.8, 4) is 0 Å². The van der Waals surface area contributed by atoms with Gasteiger partial charge < -0.3 is 5.32 Å². The van der Waals surface area contributed by atoms with Gasteiger partial charge in [0.25, 0.3) is 0 Å². The van der Waals surface area contributed by atoms with Gasteiger partial charge in [0.1, 0.15) is 0 Å². The second kappa shape index (κ2) is 6.61. The summed E-state index contributed by atoms with van der Waals surface area (Å²) in [5, 5.41) is 3.61.